The van der Waals surface area contributed by atoms with Crippen molar-refractivity contribution in [3.8, 4) is 0 Å². The largest absolute Gasteiger partial charge is 0.469 e. The molecule has 0 rings (SSSR count). The highest BCUT2D eigenvalue weighted by Gasteiger charge is 2.21. The van der Waals surface area contributed by atoms with Crippen LogP contribution in [0, 0.1) is 0 Å². The van der Waals surface area contributed by atoms with Crippen LogP contribution in [-0.2, 0) is 9.09 Å². The van der Waals surface area contributed by atoms with E-state index >= 15 is 0 Å². The fourth-order valence-electron chi connectivity index (χ4n) is 0.558. The van der Waals surface area contributed by atoms with Gasteiger partial charge in [-0.25, -0.2) is 4.57 Å². The lowest BCUT2D eigenvalue weighted by Crippen LogP contribution is -2.20. The molecule has 0 amide bonds. The van der Waals surface area contributed by atoms with Crippen LogP contribution in [0.4, 0.5) is 0 Å². The van der Waals surface area contributed by atoms with Gasteiger partial charge in [0, 0.05) is 5.88 Å². The predicted octanol–water partition coefficient (Wildman–Crippen LogP) is 1.94. The van der Waals surface area contributed by atoms with Crippen molar-refractivity contribution in [3.05, 3.63) is 0 Å². The highest BCUT2D eigenvalue weighted by Crippen LogP contribution is 2.36. The van der Waals surface area contributed by atoms with Crippen LogP contribution in [0.2, 0.25) is 0 Å². The highest BCUT2D eigenvalue weighted by molar-refractivity contribution is 7.46. The zero-order valence-electron chi connectivity index (χ0n) is 6.57. The standard InChI is InChI=1S/C5H10Cl3O4P/c6-2-1-4(7)5(8)3-12-13(9,10)11/h4-5H,1-3H2,(H2,9,10,11). The molecule has 4 nitrogen and oxygen atoms in total. The molecule has 0 saturated carbocycles. The first-order valence-corrected chi connectivity index (χ1v) is 6.35. The first kappa shape index (κ1) is 14.0. The molecular weight excluding hydrogens is 261 g/mol. The van der Waals surface area contributed by atoms with Gasteiger partial charge in [-0.05, 0) is 6.42 Å². The van der Waals surface area contributed by atoms with Crippen LogP contribution in [0.5, 0.6) is 0 Å². The fraction of sp³-hybridized carbons (Fsp3) is 1.00. The van der Waals surface area contributed by atoms with Gasteiger partial charge in [-0.15, -0.1) is 34.8 Å². The molecule has 0 heterocycles. The smallest absolute Gasteiger partial charge is 0.303 e. The first-order chi connectivity index (χ1) is 5.87. The van der Waals surface area contributed by atoms with Gasteiger partial charge >= 0.3 is 7.82 Å². The molecule has 0 aliphatic heterocycles. The molecule has 0 bridgehead atoms. The predicted molar refractivity (Wildman–Crippen MR) is 52.6 cm³/mol. The van der Waals surface area contributed by atoms with E-state index in [-0.39, 0.29) is 6.61 Å². The van der Waals surface area contributed by atoms with Gasteiger partial charge in [0.1, 0.15) is 0 Å². The third kappa shape index (κ3) is 8.01. The van der Waals surface area contributed by atoms with Crippen molar-refractivity contribution >= 4 is 42.6 Å². The summed E-state index contributed by atoms with van der Waals surface area (Å²) in [7, 11) is -4.45. The van der Waals surface area contributed by atoms with Crippen molar-refractivity contribution in [2.24, 2.45) is 0 Å². The highest BCUT2D eigenvalue weighted by atomic mass is 35.5. The molecular formula is C5H10Cl3O4P. The maximum atomic E-state index is 10.3. The van der Waals surface area contributed by atoms with E-state index in [1.807, 2.05) is 0 Å². The second kappa shape index (κ2) is 6.46. The van der Waals surface area contributed by atoms with Crippen LogP contribution in [0.15, 0.2) is 0 Å². The molecule has 0 fully saturated rings. The third-order valence-corrected chi connectivity index (χ3v) is 2.96. The van der Waals surface area contributed by atoms with E-state index in [9.17, 15) is 4.57 Å². The summed E-state index contributed by atoms with van der Waals surface area (Å²) in [5.41, 5.74) is 0. The van der Waals surface area contributed by atoms with E-state index in [2.05, 4.69) is 4.52 Å². The fourth-order valence-corrected chi connectivity index (χ4v) is 1.72. The lowest BCUT2D eigenvalue weighted by Gasteiger charge is -2.14. The second-order valence-corrected chi connectivity index (χ2v) is 5.03. The Balaban J connectivity index is 3.73. The Bertz CT molecular complexity index is 185. The lowest BCUT2D eigenvalue weighted by atomic mass is 10.2. The number of alkyl halides is 3. The number of halogens is 3. The summed E-state index contributed by atoms with van der Waals surface area (Å²) >= 11 is 16.8. The molecule has 13 heavy (non-hydrogen) atoms. The topological polar surface area (TPSA) is 66.8 Å². The average Bonchev–Trinajstić information content (AvgIpc) is 1.99. The summed E-state index contributed by atoms with van der Waals surface area (Å²) in [5.74, 6) is 0.341. The van der Waals surface area contributed by atoms with Gasteiger partial charge in [0.15, 0.2) is 0 Å². The Labute approximate surface area is 91.4 Å². The van der Waals surface area contributed by atoms with Crippen LogP contribution in [0.25, 0.3) is 0 Å². The zero-order valence-corrected chi connectivity index (χ0v) is 9.73. The molecule has 0 spiro atoms. The van der Waals surface area contributed by atoms with E-state index in [1.54, 1.807) is 0 Å². The molecule has 8 heteroatoms. The minimum absolute atomic E-state index is 0.295. The summed E-state index contributed by atoms with van der Waals surface area (Å²) in [5, 5.41) is -1.11. The molecule has 0 aliphatic rings. The molecule has 2 N–H and O–H groups in total. The maximum absolute atomic E-state index is 10.3. The van der Waals surface area contributed by atoms with Crippen LogP contribution in [-0.4, -0.2) is 33.0 Å². The van der Waals surface area contributed by atoms with Crippen LogP contribution < -0.4 is 0 Å². The Morgan fingerprint density at radius 3 is 2.23 bits per heavy atom. The average molecular weight is 271 g/mol. The minimum Gasteiger partial charge on any atom is -0.303 e. The lowest BCUT2D eigenvalue weighted by molar-refractivity contribution is 0.195. The summed E-state index contributed by atoms with van der Waals surface area (Å²) in [6.07, 6.45) is 0.460. The number of phosphoric ester groups is 1. The van der Waals surface area contributed by atoms with Gasteiger partial charge in [0.05, 0.1) is 17.4 Å². The van der Waals surface area contributed by atoms with E-state index < -0.39 is 18.6 Å². The van der Waals surface area contributed by atoms with Gasteiger partial charge in [0.25, 0.3) is 0 Å². The summed E-state index contributed by atoms with van der Waals surface area (Å²) in [6, 6.07) is 0. The second-order valence-electron chi connectivity index (χ2n) is 2.30. The number of phosphoric acid groups is 1. The maximum Gasteiger partial charge on any atom is 0.469 e. The molecule has 0 aromatic heterocycles. The Morgan fingerprint density at radius 1 is 1.31 bits per heavy atom. The van der Waals surface area contributed by atoms with Gasteiger partial charge in [0.2, 0.25) is 0 Å². The van der Waals surface area contributed by atoms with Crippen molar-refractivity contribution < 1.29 is 18.9 Å². The quantitative estimate of drug-likeness (QED) is 0.572. The third-order valence-electron chi connectivity index (χ3n) is 1.18. The monoisotopic (exact) mass is 270 g/mol. The Hall–Kier alpha value is 0.980. The van der Waals surface area contributed by atoms with E-state index in [4.69, 9.17) is 44.6 Å². The SMILES string of the molecule is O=P(O)(O)OCC(Cl)C(Cl)CCCl. The molecule has 2 unspecified atom stereocenters. The van der Waals surface area contributed by atoms with Gasteiger partial charge in [-0.2, -0.15) is 0 Å². The molecule has 0 radical (unpaired) electrons. The van der Waals surface area contributed by atoms with Crippen molar-refractivity contribution in [1.82, 2.24) is 0 Å². The Kier molecular flexibility index (Phi) is 6.95. The van der Waals surface area contributed by atoms with Crippen molar-refractivity contribution in [2.75, 3.05) is 12.5 Å². The molecule has 0 aliphatic carbocycles. The number of hydrogen-bond acceptors (Lipinski definition) is 2. The zero-order chi connectivity index (χ0) is 10.5. The van der Waals surface area contributed by atoms with Crippen molar-refractivity contribution in [1.29, 1.82) is 0 Å². The summed E-state index contributed by atoms with van der Waals surface area (Å²) in [6.45, 7) is -0.295. The van der Waals surface area contributed by atoms with Crippen LogP contribution >= 0.6 is 42.6 Å². The van der Waals surface area contributed by atoms with E-state index in [1.165, 1.54) is 0 Å². The summed E-state index contributed by atoms with van der Waals surface area (Å²) in [4.78, 5) is 16.7. The molecule has 0 saturated heterocycles. The van der Waals surface area contributed by atoms with E-state index in [0.717, 1.165) is 0 Å². The molecule has 2 atom stereocenters. The van der Waals surface area contributed by atoms with Crippen molar-refractivity contribution in [3.63, 3.8) is 0 Å². The first-order valence-electron chi connectivity index (χ1n) is 3.41. The molecule has 80 valence electrons. The number of hydrogen-bond donors (Lipinski definition) is 2. The summed E-state index contributed by atoms with van der Waals surface area (Å²) < 4.78 is 14.4. The normalized spacial score (nSPS) is 17.0. The molecule has 0 aromatic rings. The molecule has 0 aromatic carbocycles. The van der Waals surface area contributed by atoms with Gasteiger partial charge < -0.3 is 9.79 Å². The minimum atomic E-state index is -4.45. The van der Waals surface area contributed by atoms with Gasteiger partial charge in [-0.1, -0.05) is 0 Å². The van der Waals surface area contributed by atoms with Crippen LogP contribution in [0.1, 0.15) is 6.42 Å². The van der Waals surface area contributed by atoms with Crippen molar-refractivity contribution in [2.45, 2.75) is 17.2 Å². The number of rotatable bonds is 6. The van der Waals surface area contributed by atoms with Crippen LogP contribution in [0.3, 0.4) is 0 Å². The van der Waals surface area contributed by atoms with Gasteiger partial charge in [-0.3, -0.25) is 4.52 Å². The Morgan fingerprint density at radius 2 is 1.85 bits per heavy atom. The van der Waals surface area contributed by atoms with E-state index in [0.29, 0.717) is 12.3 Å².